The van der Waals surface area contributed by atoms with Crippen molar-refractivity contribution in [2.24, 2.45) is 0 Å². The van der Waals surface area contributed by atoms with E-state index in [1.165, 1.54) is 4.90 Å². The second-order valence-electron chi connectivity index (χ2n) is 4.94. The number of carbonyl (C=O) groups is 2. The van der Waals surface area contributed by atoms with Crippen LogP contribution in [0, 0.1) is 0 Å². The number of nitrogens with zero attached hydrogens (tertiary/aromatic N) is 1. The molecule has 0 aliphatic carbocycles. The highest BCUT2D eigenvalue weighted by Crippen LogP contribution is 2.34. The molecule has 106 valence electrons. The van der Waals surface area contributed by atoms with Crippen molar-refractivity contribution >= 4 is 17.5 Å². The lowest BCUT2D eigenvalue weighted by atomic mass is 9.97. The van der Waals surface area contributed by atoms with E-state index in [4.69, 9.17) is 4.74 Å². The minimum Gasteiger partial charge on any atom is -0.497 e. The van der Waals surface area contributed by atoms with Crippen LogP contribution in [-0.2, 0) is 9.59 Å². The second-order valence-corrected chi connectivity index (χ2v) is 4.94. The van der Waals surface area contributed by atoms with Gasteiger partial charge in [0.05, 0.1) is 18.7 Å². The highest BCUT2D eigenvalue weighted by atomic mass is 16.5. The van der Waals surface area contributed by atoms with Gasteiger partial charge in [-0.15, -0.1) is 0 Å². The van der Waals surface area contributed by atoms with Crippen molar-refractivity contribution in [2.45, 2.75) is 12.3 Å². The molecule has 21 heavy (non-hydrogen) atoms. The van der Waals surface area contributed by atoms with Gasteiger partial charge in [-0.25, -0.2) is 0 Å². The summed E-state index contributed by atoms with van der Waals surface area (Å²) in [6, 6.07) is 16.3. The Labute approximate surface area is 123 Å². The molecular weight excluding hydrogens is 266 g/mol. The Bertz CT molecular complexity index is 681. The molecule has 1 aliphatic heterocycles. The Morgan fingerprint density at radius 3 is 2.52 bits per heavy atom. The van der Waals surface area contributed by atoms with E-state index in [-0.39, 0.29) is 18.2 Å². The quantitative estimate of drug-likeness (QED) is 0.813. The first-order valence-corrected chi connectivity index (χ1v) is 6.76. The zero-order chi connectivity index (χ0) is 14.8. The first-order chi connectivity index (χ1) is 10.2. The van der Waals surface area contributed by atoms with Gasteiger partial charge in [-0.3, -0.25) is 14.5 Å². The van der Waals surface area contributed by atoms with Crippen LogP contribution in [0.1, 0.15) is 17.9 Å². The Morgan fingerprint density at radius 2 is 1.81 bits per heavy atom. The summed E-state index contributed by atoms with van der Waals surface area (Å²) in [5, 5.41) is 0. The summed E-state index contributed by atoms with van der Waals surface area (Å²) in [5.41, 5.74) is 1.43. The first-order valence-electron chi connectivity index (χ1n) is 6.76. The van der Waals surface area contributed by atoms with Crippen molar-refractivity contribution in [3.8, 4) is 5.75 Å². The average Bonchev–Trinajstić information content (AvgIpc) is 2.83. The van der Waals surface area contributed by atoms with Crippen molar-refractivity contribution < 1.29 is 14.3 Å². The van der Waals surface area contributed by atoms with Gasteiger partial charge < -0.3 is 4.74 Å². The van der Waals surface area contributed by atoms with Gasteiger partial charge in [-0.1, -0.05) is 30.3 Å². The molecule has 2 amide bonds. The van der Waals surface area contributed by atoms with Gasteiger partial charge in [0.15, 0.2) is 0 Å². The fourth-order valence-corrected chi connectivity index (χ4v) is 2.60. The highest BCUT2D eigenvalue weighted by Gasteiger charge is 2.40. The van der Waals surface area contributed by atoms with Crippen molar-refractivity contribution in [1.82, 2.24) is 0 Å². The van der Waals surface area contributed by atoms with E-state index < -0.39 is 5.92 Å². The van der Waals surface area contributed by atoms with Crippen LogP contribution >= 0.6 is 0 Å². The summed E-state index contributed by atoms with van der Waals surface area (Å²) < 4.78 is 5.18. The summed E-state index contributed by atoms with van der Waals surface area (Å²) in [5.74, 6) is -0.0998. The smallest absolute Gasteiger partial charge is 0.241 e. The number of methoxy groups -OCH3 is 1. The van der Waals surface area contributed by atoms with Crippen molar-refractivity contribution in [2.75, 3.05) is 12.0 Å². The molecule has 0 saturated carbocycles. The fourth-order valence-electron chi connectivity index (χ4n) is 2.60. The van der Waals surface area contributed by atoms with Crippen LogP contribution < -0.4 is 9.64 Å². The van der Waals surface area contributed by atoms with Gasteiger partial charge >= 0.3 is 0 Å². The van der Waals surface area contributed by atoms with E-state index in [1.807, 2.05) is 42.5 Å². The molecule has 2 aromatic carbocycles. The molecule has 1 aliphatic rings. The Balaban J connectivity index is 1.93. The molecule has 0 spiro atoms. The second kappa shape index (κ2) is 5.40. The monoisotopic (exact) mass is 281 g/mol. The van der Waals surface area contributed by atoms with E-state index in [9.17, 15) is 9.59 Å². The summed E-state index contributed by atoms with van der Waals surface area (Å²) in [7, 11) is 1.58. The van der Waals surface area contributed by atoms with Crippen LogP contribution in [0.2, 0.25) is 0 Å². The van der Waals surface area contributed by atoms with Crippen LogP contribution in [0.15, 0.2) is 54.6 Å². The molecule has 0 aromatic heterocycles. The lowest BCUT2D eigenvalue weighted by Gasteiger charge is -2.15. The first kappa shape index (κ1) is 13.4. The van der Waals surface area contributed by atoms with Crippen LogP contribution in [0.5, 0.6) is 5.75 Å². The van der Waals surface area contributed by atoms with E-state index in [0.29, 0.717) is 11.4 Å². The predicted molar refractivity (Wildman–Crippen MR) is 79.3 cm³/mol. The lowest BCUT2D eigenvalue weighted by Crippen LogP contribution is -2.29. The van der Waals surface area contributed by atoms with Gasteiger partial charge in [-0.2, -0.15) is 0 Å². The molecule has 1 fully saturated rings. The number of imide groups is 1. The van der Waals surface area contributed by atoms with Crippen molar-refractivity contribution in [3.63, 3.8) is 0 Å². The van der Waals surface area contributed by atoms with E-state index in [2.05, 4.69) is 0 Å². The topological polar surface area (TPSA) is 46.6 Å². The van der Waals surface area contributed by atoms with Gasteiger partial charge in [0.2, 0.25) is 11.8 Å². The zero-order valence-electron chi connectivity index (χ0n) is 11.7. The molecular formula is C17H15NO3. The standard InChI is InChI=1S/C17H15NO3/c1-21-14-9-5-6-12(10-14)15-11-16(19)18(17(15)20)13-7-3-2-4-8-13/h2-10,15H,11H2,1H3. The van der Waals surface area contributed by atoms with Crippen molar-refractivity contribution in [1.29, 1.82) is 0 Å². The largest absolute Gasteiger partial charge is 0.497 e. The van der Waals surface area contributed by atoms with Crippen LogP contribution in [-0.4, -0.2) is 18.9 Å². The van der Waals surface area contributed by atoms with Crippen LogP contribution in [0.4, 0.5) is 5.69 Å². The van der Waals surface area contributed by atoms with Gasteiger partial charge in [0.1, 0.15) is 5.75 Å². The van der Waals surface area contributed by atoms with E-state index in [1.54, 1.807) is 19.2 Å². The lowest BCUT2D eigenvalue weighted by molar-refractivity contribution is -0.121. The molecule has 4 nitrogen and oxygen atoms in total. The number of ether oxygens (including phenoxy) is 1. The molecule has 2 aromatic rings. The molecule has 1 unspecified atom stereocenters. The number of para-hydroxylation sites is 1. The van der Waals surface area contributed by atoms with Crippen LogP contribution in [0.25, 0.3) is 0 Å². The number of carbonyl (C=O) groups excluding carboxylic acids is 2. The van der Waals surface area contributed by atoms with Gasteiger partial charge in [0.25, 0.3) is 0 Å². The molecule has 1 saturated heterocycles. The maximum Gasteiger partial charge on any atom is 0.241 e. The highest BCUT2D eigenvalue weighted by molar-refractivity contribution is 6.22. The maximum atomic E-state index is 12.6. The molecule has 1 atom stereocenters. The normalized spacial score (nSPS) is 18.1. The predicted octanol–water partition coefficient (Wildman–Crippen LogP) is 2.74. The maximum absolute atomic E-state index is 12.6. The average molecular weight is 281 g/mol. The Morgan fingerprint density at radius 1 is 1.05 bits per heavy atom. The number of benzene rings is 2. The fraction of sp³-hybridized carbons (Fsp3) is 0.176. The molecule has 0 radical (unpaired) electrons. The minimum absolute atomic E-state index is 0.168. The summed E-state index contributed by atoms with van der Waals surface area (Å²) in [4.78, 5) is 26.0. The van der Waals surface area contributed by atoms with Gasteiger partial charge in [-0.05, 0) is 29.8 Å². The molecule has 4 heteroatoms. The summed E-state index contributed by atoms with van der Waals surface area (Å²) >= 11 is 0. The van der Waals surface area contributed by atoms with E-state index in [0.717, 1.165) is 5.56 Å². The molecule has 1 heterocycles. The third-order valence-corrected chi connectivity index (χ3v) is 3.66. The Hall–Kier alpha value is -2.62. The van der Waals surface area contributed by atoms with E-state index >= 15 is 0 Å². The molecule has 0 N–H and O–H groups in total. The number of anilines is 1. The van der Waals surface area contributed by atoms with Crippen molar-refractivity contribution in [3.05, 3.63) is 60.2 Å². The zero-order valence-corrected chi connectivity index (χ0v) is 11.7. The molecule has 0 bridgehead atoms. The Kier molecular flexibility index (Phi) is 3.44. The molecule has 3 rings (SSSR count). The number of amides is 2. The summed E-state index contributed by atoms with van der Waals surface area (Å²) in [6.07, 6.45) is 0.195. The van der Waals surface area contributed by atoms with Crippen LogP contribution in [0.3, 0.4) is 0 Å². The number of hydrogen-bond acceptors (Lipinski definition) is 3. The van der Waals surface area contributed by atoms with Gasteiger partial charge in [0, 0.05) is 6.42 Å². The minimum atomic E-state index is -0.437. The number of hydrogen-bond donors (Lipinski definition) is 0. The SMILES string of the molecule is COc1cccc(C2CC(=O)N(c3ccccc3)C2=O)c1. The number of rotatable bonds is 3. The third kappa shape index (κ3) is 2.40. The third-order valence-electron chi connectivity index (χ3n) is 3.66. The summed E-state index contributed by atoms with van der Waals surface area (Å²) in [6.45, 7) is 0.